The molecule has 1 aliphatic carbocycles. The molecule has 0 unspecified atom stereocenters. The van der Waals surface area contributed by atoms with Gasteiger partial charge in [-0.2, -0.15) is 10.1 Å². The Morgan fingerprint density at radius 2 is 2.09 bits per heavy atom. The molecule has 190 valence electrons. The minimum atomic E-state index is -2.58. The van der Waals surface area contributed by atoms with Crippen LogP contribution in [0.4, 0.5) is 20.5 Å². The number of anilines is 2. The lowest BCUT2D eigenvalue weighted by molar-refractivity contribution is 0.150. The summed E-state index contributed by atoms with van der Waals surface area (Å²) in [6.07, 6.45) is 4.82. The summed E-state index contributed by atoms with van der Waals surface area (Å²) in [6.45, 7) is 4.84. The largest absolute Gasteiger partial charge is 0.395 e. The van der Waals surface area contributed by atoms with E-state index < -0.39 is 6.43 Å². The molecule has 0 aliphatic heterocycles. The number of nitrogens with two attached hydrogens (primary N) is 1. The molecule has 0 saturated heterocycles. The lowest BCUT2D eigenvalue weighted by Crippen LogP contribution is -2.29. The molecule has 35 heavy (non-hydrogen) atoms. The van der Waals surface area contributed by atoms with Gasteiger partial charge in [-0.1, -0.05) is 31.9 Å². The number of unbranched alkanes of at least 4 members (excludes halogenated alkanes) is 1. The van der Waals surface area contributed by atoms with Crippen LogP contribution in [-0.2, 0) is 13.1 Å². The summed E-state index contributed by atoms with van der Waals surface area (Å²) in [7, 11) is 0. The Morgan fingerprint density at radius 1 is 1.26 bits per heavy atom. The van der Waals surface area contributed by atoms with Crippen LogP contribution in [0.1, 0.15) is 62.1 Å². The second kappa shape index (κ2) is 11.7. The minimum Gasteiger partial charge on any atom is -0.395 e. The van der Waals surface area contributed by atoms with Gasteiger partial charge in [-0.15, -0.1) is 0 Å². The Bertz CT molecular complexity index is 1120. The van der Waals surface area contributed by atoms with E-state index >= 15 is 0 Å². The highest BCUT2D eigenvalue weighted by molar-refractivity contribution is 5.86. The van der Waals surface area contributed by atoms with E-state index in [9.17, 15) is 13.9 Å². The number of nitrogens with zero attached hydrogens (tertiary/aromatic N) is 5. The van der Waals surface area contributed by atoms with Gasteiger partial charge in [-0.3, -0.25) is 4.68 Å². The minimum absolute atomic E-state index is 0.0168. The van der Waals surface area contributed by atoms with Crippen LogP contribution in [-0.4, -0.2) is 51.1 Å². The summed E-state index contributed by atoms with van der Waals surface area (Å²) in [6, 6.07) is 5.25. The maximum atomic E-state index is 13.9. The molecule has 2 aromatic heterocycles. The molecular weight excluding hydrogens is 452 g/mol. The van der Waals surface area contributed by atoms with Crippen molar-refractivity contribution in [3.8, 4) is 0 Å². The highest BCUT2D eigenvalue weighted by Crippen LogP contribution is 2.28. The molecule has 2 heterocycles. The molecule has 10 heteroatoms. The summed E-state index contributed by atoms with van der Waals surface area (Å²) in [5.41, 5.74) is 8.41. The molecule has 4 rings (SSSR count). The number of nitrogen functional groups attached to an aromatic ring is 1. The zero-order chi connectivity index (χ0) is 24.8. The van der Waals surface area contributed by atoms with Crippen LogP contribution in [0.3, 0.4) is 0 Å². The second-order valence-electron chi connectivity index (χ2n) is 9.29. The van der Waals surface area contributed by atoms with Crippen LogP contribution in [0.25, 0.3) is 11.0 Å². The van der Waals surface area contributed by atoms with Gasteiger partial charge < -0.3 is 21.1 Å². The number of benzene rings is 1. The van der Waals surface area contributed by atoms with Gasteiger partial charge in [0, 0.05) is 25.2 Å². The van der Waals surface area contributed by atoms with E-state index in [4.69, 9.17) is 5.73 Å². The molecular formula is C25H35F2N7O. The van der Waals surface area contributed by atoms with Gasteiger partial charge in [-0.25, -0.2) is 13.8 Å². The number of rotatable bonds is 13. The molecule has 0 bridgehead atoms. The molecule has 1 saturated carbocycles. The van der Waals surface area contributed by atoms with Crippen molar-refractivity contribution in [3.63, 3.8) is 0 Å². The highest BCUT2D eigenvalue weighted by atomic mass is 19.3. The Morgan fingerprint density at radius 3 is 2.77 bits per heavy atom. The third-order valence-electron chi connectivity index (χ3n) is 6.63. The summed E-state index contributed by atoms with van der Waals surface area (Å²) in [4.78, 5) is 10.6. The van der Waals surface area contributed by atoms with Crippen molar-refractivity contribution in [1.82, 2.24) is 25.1 Å². The van der Waals surface area contributed by atoms with Gasteiger partial charge in [0.1, 0.15) is 5.52 Å². The fourth-order valence-corrected chi connectivity index (χ4v) is 4.45. The lowest BCUT2D eigenvalue weighted by atomic mass is 9.85. The average Bonchev–Trinajstić information content (AvgIpc) is 3.20. The topological polar surface area (TPSA) is 105 Å². The van der Waals surface area contributed by atoms with Crippen molar-refractivity contribution < 1.29 is 13.9 Å². The molecule has 8 nitrogen and oxygen atoms in total. The first kappa shape index (κ1) is 25.2. The van der Waals surface area contributed by atoms with E-state index in [-0.39, 0.29) is 24.7 Å². The van der Waals surface area contributed by atoms with E-state index in [1.807, 2.05) is 11.0 Å². The first-order chi connectivity index (χ1) is 17.0. The van der Waals surface area contributed by atoms with Gasteiger partial charge in [0.15, 0.2) is 11.3 Å². The van der Waals surface area contributed by atoms with E-state index in [2.05, 4.69) is 27.3 Å². The van der Waals surface area contributed by atoms with Gasteiger partial charge in [0.2, 0.25) is 5.95 Å². The fourth-order valence-electron chi connectivity index (χ4n) is 4.45. The number of aliphatic hydroxyl groups excluding tert-OH is 1. The molecule has 0 atom stereocenters. The first-order valence-electron chi connectivity index (χ1n) is 12.5. The van der Waals surface area contributed by atoms with Crippen LogP contribution in [0.2, 0.25) is 0 Å². The number of alkyl halides is 2. The molecule has 0 spiro atoms. The Balaban J connectivity index is 1.56. The summed E-state index contributed by atoms with van der Waals surface area (Å²) in [5.74, 6) is 1.38. The molecule has 1 aromatic carbocycles. The van der Waals surface area contributed by atoms with Crippen molar-refractivity contribution >= 4 is 22.8 Å². The van der Waals surface area contributed by atoms with Crippen LogP contribution in [0, 0.1) is 5.92 Å². The van der Waals surface area contributed by atoms with Gasteiger partial charge in [0.05, 0.1) is 19.3 Å². The van der Waals surface area contributed by atoms with Crippen LogP contribution >= 0.6 is 0 Å². The lowest BCUT2D eigenvalue weighted by Gasteiger charge is -2.25. The number of hydrogen-bond acceptors (Lipinski definition) is 7. The van der Waals surface area contributed by atoms with Crippen LogP contribution < -0.4 is 16.0 Å². The molecule has 3 aromatic rings. The second-order valence-corrected chi connectivity index (χ2v) is 9.29. The first-order valence-corrected chi connectivity index (χ1v) is 12.5. The van der Waals surface area contributed by atoms with Gasteiger partial charge >= 0.3 is 0 Å². The third kappa shape index (κ3) is 6.24. The molecule has 0 radical (unpaired) electrons. The maximum absolute atomic E-state index is 13.9. The zero-order valence-corrected chi connectivity index (χ0v) is 20.3. The number of hydrogen-bond donors (Lipinski definition) is 3. The maximum Gasteiger partial charge on any atom is 0.264 e. The van der Waals surface area contributed by atoms with Crippen molar-refractivity contribution in [2.24, 2.45) is 5.92 Å². The number of nitrogens with one attached hydrogen (secondary N) is 1. The molecule has 0 amide bonds. The van der Waals surface area contributed by atoms with Crippen molar-refractivity contribution in [2.75, 3.05) is 36.9 Å². The zero-order valence-electron chi connectivity index (χ0n) is 20.3. The number of fused-ring (bicyclic) bond motifs is 1. The highest BCUT2D eigenvalue weighted by Gasteiger charge is 2.20. The van der Waals surface area contributed by atoms with E-state index in [0.717, 1.165) is 30.9 Å². The van der Waals surface area contributed by atoms with Crippen molar-refractivity contribution in [3.05, 3.63) is 41.1 Å². The SMILES string of the molecule is CCCCN(CCO)c1nc(N)nc2cn(Cc3ccc(CNCC4CCC4)cc3C(F)F)nc12. The van der Waals surface area contributed by atoms with Crippen LogP contribution in [0.15, 0.2) is 24.4 Å². The van der Waals surface area contributed by atoms with Gasteiger partial charge in [-0.05, 0) is 48.9 Å². The van der Waals surface area contributed by atoms with E-state index in [0.29, 0.717) is 42.0 Å². The van der Waals surface area contributed by atoms with Crippen molar-refractivity contribution in [1.29, 1.82) is 0 Å². The standard InChI is InChI=1S/C25H35F2N7O/c1-2-3-9-33(10-11-35)24-22-21(30-25(28)31-24)16-34(32-22)15-19-8-7-18(12-20(19)23(26)27)14-29-13-17-5-4-6-17/h7-8,12,16-17,23,29,35H,2-6,9-11,13-15H2,1H3,(H2,28,30). The number of aliphatic hydroxyl groups is 1. The van der Waals surface area contributed by atoms with Crippen molar-refractivity contribution in [2.45, 2.75) is 58.5 Å². The average molecular weight is 488 g/mol. The van der Waals surface area contributed by atoms with Gasteiger partial charge in [0.25, 0.3) is 6.43 Å². The van der Waals surface area contributed by atoms with Crippen LogP contribution in [0.5, 0.6) is 0 Å². The number of aromatic nitrogens is 4. The smallest absolute Gasteiger partial charge is 0.264 e. The summed E-state index contributed by atoms with van der Waals surface area (Å²) >= 11 is 0. The Kier molecular flexibility index (Phi) is 8.46. The predicted molar refractivity (Wildman–Crippen MR) is 133 cm³/mol. The normalized spacial score (nSPS) is 14.1. The fraction of sp³-hybridized carbons (Fsp3) is 0.560. The summed E-state index contributed by atoms with van der Waals surface area (Å²) < 4.78 is 29.5. The quantitative estimate of drug-likeness (QED) is 0.336. The monoisotopic (exact) mass is 487 g/mol. The molecule has 1 aliphatic rings. The Hall–Kier alpha value is -2.85. The molecule has 4 N–H and O–H groups in total. The number of halogens is 2. The molecule has 1 fully saturated rings. The predicted octanol–water partition coefficient (Wildman–Crippen LogP) is 3.88. The summed E-state index contributed by atoms with van der Waals surface area (Å²) in [5, 5.41) is 17.5. The van der Waals surface area contributed by atoms with E-state index in [1.165, 1.54) is 19.3 Å². The Labute approximate surface area is 204 Å². The van der Waals surface area contributed by atoms with E-state index in [1.54, 1.807) is 23.0 Å². The third-order valence-corrected chi connectivity index (χ3v) is 6.63.